The maximum Gasteiger partial charge on any atom is 0.124 e. The maximum atomic E-state index is 13.1. The molecule has 1 heterocycles. The molecular formula is C15H17Cl2FO. The lowest BCUT2D eigenvalue weighted by Gasteiger charge is -2.32. The first-order chi connectivity index (χ1) is 9.14. The molecule has 0 amide bonds. The van der Waals surface area contributed by atoms with Crippen LogP contribution in [0.2, 0.25) is 5.02 Å². The highest BCUT2D eigenvalue weighted by Crippen LogP contribution is 2.50. The van der Waals surface area contributed by atoms with Gasteiger partial charge in [-0.1, -0.05) is 17.7 Å². The zero-order valence-corrected chi connectivity index (χ0v) is 12.2. The first-order valence-corrected chi connectivity index (χ1v) is 7.67. The number of ether oxygens (including phenoxy) is 1. The third-order valence-electron chi connectivity index (χ3n) is 4.37. The lowest BCUT2D eigenvalue weighted by Crippen LogP contribution is -2.36. The summed E-state index contributed by atoms with van der Waals surface area (Å²) in [5, 5.41) is 0.492. The molecular weight excluding hydrogens is 286 g/mol. The van der Waals surface area contributed by atoms with Crippen molar-refractivity contribution in [2.45, 2.75) is 31.8 Å². The molecule has 19 heavy (non-hydrogen) atoms. The van der Waals surface area contributed by atoms with Crippen LogP contribution in [0.4, 0.5) is 4.39 Å². The van der Waals surface area contributed by atoms with Gasteiger partial charge in [0, 0.05) is 22.9 Å². The predicted molar refractivity (Wildman–Crippen MR) is 75.3 cm³/mol. The summed E-state index contributed by atoms with van der Waals surface area (Å²) in [6, 6.07) is 4.61. The second-order valence-corrected chi connectivity index (χ2v) is 6.46. The molecule has 3 rings (SSSR count). The summed E-state index contributed by atoms with van der Waals surface area (Å²) in [5.74, 6) is 0.928. The Balaban J connectivity index is 1.85. The highest BCUT2D eigenvalue weighted by Gasteiger charge is 2.50. The number of rotatable bonds is 4. The fourth-order valence-corrected chi connectivity index (χ4v) is 3.78. The number of halogens is 3. The summed E-state index contributed by atoms with van der Waals surface area (Å²) in [6.45, 7) is 0.771. The lowest BCUT2D eigenvalue weighted by atomic mass is 9.75. The van der Waals surface area contributed by atoms with Gasteiger partial charge in [-0.25, -0.2) is 4.39 Å². The van der Waals surface area contributed by atoms with Crippen LogP contribution in [0.15, 0.2) is 18.2 Å². The fraction of sp³-hybridized carbons (Fsp3) is 0.600. The van der Waals surface area contributed by atoms with E-state index in [9.17, 15) is 4.39 Å². The highest BCUT2D eigenvalue weighted by atomic mass is 35.5. The van der Waals surface area contributed by atoms with Crippen LogP contribution in [0.3, 0.4) is 0 Å². The smallest absolute Gasteiger partial charge is 0.124 e. The average Bonchev–Trinajstić information content (AvgIpc) is 3.15. The zero-order valence-electron chi connectivity index (χ0n) is 10.7. The summed E-state index contributed by atoms with van der Waals surface area (Å²) < 4.78 is 19.0. The van der Waals surface area contributed by atoms with Gasteiger partial charge in [0.2, 0.25) is 0 Å². The molecule has 104 valence electrons. The van der Waals surface area contributed by atoms with Crippen LogP contribution in [0.1, 0.15) is 24.8 Å². The minimum Gasteiger partial charge on any atom is -0.377 e. The van der Waals surface area contributed by atoms with E-state index >= 15 is 0 Å². The van der Waals surface area contributed by atoms with Gasteiger partial charge in [-0.2, -0.15) is 0 Å². The average molecular weight is 303 g/mol. The normalized spacial score (nSPS) is 30.8. The molecule has 2 unspecified atom stereocenters. The number of hydrogen-bond donors (Lipinski definition) is 0. The molecule has 1 nitrogen and oxygen atoms in total. The summed E-state index contributed by atoms with van der Waals surface area (Å²) in [6.07, 6.45) is 4.45. The first kappa shape index (κ1) is 13.7. The van der Waals surface area contributed by atoms with Gasteiger partial charge in [-0.05, 0) is 49.3 Å². The largest absolute Gasteiger partial charge is 0.377 e. The summed E-state index contributed by atoms with van der Waals surface area (Å²) in [5.41, 5.74) is 0.935. The van der Waals surface area contributed by atoms with Gasteiger partial charge in [-0.15, -0.1) is 11.6 Å². The second kappa shape index (κ2) is 5.23. The monoisotopic (exact) mass is 302 g/mol. The molecule has 2 atom stereocenters. The van der Waals surface area contributed by atoms with Crippen LogP contribution < -0.4 is 0 Å². The van der Waals surface area contributed by atoms with E-state index in [-0.39, 0.29) is 17.3 Å². The highest BCUT2D eigenvalue weighted by molar-refractivity contribution is 6.31. The van der Waals surface area contributed by atoms with Gasteiger partial charge in [-0.3, -0.25) is 0 Å². The van der Waals surface area contributed by atoms with Crippen molar-refractivity contribution in [3.05, 3.63) is 34.6 Å². The third-order valence-corrected chi connectivity index (χ3v) is 5.26. The number of hydrogen-bond acceptors (Lipinski definition) is 1. The van der Waals surface area contributed by atoms with Crippen LogP contribution in [0.5, 0.6) is 0 Å². The topological polar surface area (TPSA) is 9.23 Å². The van der Waals surface area contributed by atoms with Gasteiger partial charge in [0.05, 0.1) is 6.10 Å². The first-order valence-electron chi connectivity index (χ1n) is 6.76. The second-order valence-electron chi connectivity index (χ2n) is 5.79. The zero-order chi connectivity index (χ0) is 13.5. The molecule has 1 saturated heterocycles. The molecule has 1 saturated carbocycles. The molecule has 1 aliphatic carbocycles. The fourth-order valence-electron chi connectivity index (χ4n) is 3.17. The van der Waals surface area contributed by atoms with Crippen molar-refractivity contribution in [1.82, 2.24) is 0 Å². The minimum absolute atomic E-state index is 0.0375. The van der Waals surface area contributed by atoms with Crippen molar-refractivity contribution in [3.63, 3.8) is 0 Å². The molecule has 2 fully saturated rings. The Hall–Kier alpha value is -0.310. The van der Waals surface area contributed by atoms with E-state index in [0.717, 1.165) is 25.0 Å². The van der Waals surface area contributed by atoms with Gasteiger partial charge in [0.25, 0.3) is 0 Å². The van der Waals surface area contributed by atoms with E-state index in [1.165, 1.54) is 25.0 Å². The van der Waals surface area contributed by atoms with Crippen LogP contribution in [-0.4, -0.2) is 18.6 Å². The van der Waals surface area contributed by atoms with Crippen molar-refractivity contribution in [2.75, 3.05) is 12.5 Å². The molecule has 0 aromatic heterocycles. The minimum atomic E-state index is -0.296. The van der Waals surface area contributed by atoms with Crippen molar-refractivity contribution in [3.8, 4) is 0 Å². The Bertz CT molecular complexity index is 475. The molecule has 0 N–H and O–H groups in total. The molecule has 2 aliphatic rings. The molecule has 0 bridgehead atoms. The number of benzene rings is 1. The molecule has 1 aromatic rings. The standard InChI is InChI=1S/C15H17Cl2FO/c16-9-15(5-6-19-14(15)10-1-2-10)8-11-3-4-12(18)7-13(11)17/h3-4,7,10,14H,1-2,5-6,8-9H2. The van der Waals surface area contributed by atoms with E-state index in [1.54, 1.807) is 6.07 Å². The summed E-state index contributed by atoms with van der Waals surface area (Å²) in [7, 11) is 0. The summed E-state index contributed by atoms with van der Waals surface area (Å²) in [4.78, 5) is 0. The quantitative estimate of drug-likeness (QED) is 0.747. The SMILES string of the molecule is Fc1ccc(CC2(CCl)CCOC2C2CC2)c(Cl)c1. The maximum absolute atomic E-state index is 13.1. The Kier molecular flexibility index (Phi) is 3.76. The Labute approximate surface area is 123 Å². The van der Waals surface area contributed by atoms with Gasteiger partial charge in [0.1, 0.15) is 5.82 Å². The van der Waals surface area contributed by atoms with Gasteiger partial charge < -0.3 is 4.74 Å². The van der Waals surface area contributed by atoms with E-state index in [2.05, 4.69) is 0 Å². The molecule has 4 heteroatoms. The number of alkyl halides is 1. The third kappa shape index (κ3) is 2.63. The van der Waals surface area contributed by atoms with E-state index in [1.807, 2.05) is 0 Å². The van der Waals surface area contributed by atoms with E-state index in [0.29, 0.717) is 16.8 Å². The predicted octanol–water partition coefficient (Wildman–Crippen LogP) is 4.45. The van der Waals surface area contributed by atoms with Crippen molar-refractivity contribution < 1.29 is 9.13 Å². The molecule has 0 spiro atoms. The van der Waals surface area contributed by atoms with E-state index < -0.39 is 0 Å². The van der Waals surface area contributed by atoms with Crippen molar-refractivity contribution in [2.24, 2.45) is 11.3 Å². The Morgan fingerprint density at radius 1 is 1.37 bits per heavy atom. The van der Waals surface area contributed by atoms with Crippen LogP contribution in [0, 0.1) is 17.2 Å². The van der Waals surface area contributed by atoms with E-state index in [4.69, 9.17) is 27.9 Å². The van der Waals surface area contributed by atoms with Gasteiger partial charge >= 0.3 is 0 Å². The molecule has 1 aromatic carbocycles. The Morgan fingerprint density at radius 3 is 2.79 bits per heavy atom. The van der Waals surface area contributed by atoms with Crippen LogP contribution >= 0.6 is 23.2 Å². The Morgan fingerprint density at radius 2 is 2.16 bits per heavy atom. The molecule has 1 aliphatic heterocycles. The van der Waals surface area contributed by atoms with Crippen molar-refractivity contribution in [1.29, 1.82) is 0 Å². The molecule has 0 radical (unpaired) electrons. The van der Waals surface area contributed by atoms with Crippen molar-refractivity contribution >= 4 is 23.2 Å². The lowest BCUT2D eigenvalue weighted by molar-refractivity contribution is 0.0403. The summed E-state index contributed by atoms with van der Waals surface area (Å²) >= 11 is 12.4. The van der Waals surface area contributed by atoms with Gasteiger partial charge in [0.15, 0.2) is 0 Å². The van der Waals surface area contributed by atoms with Crippen LogP contribution in [-0.2, 0) is 11.2 Å². The van der Waals surface area contributed by atoms with Crippen LogP contribution in [0.25, 0.3) is 0 Å².